The number of aromatic nitrogens is 4. The van der Waals surface area contributed by atoms with E-state index >= 15 is 0 Å². The molecule has 3 rings (SSSR count). The van der Waals surface area contributed by atoms with Crippen LogP contribution in [-0.4, -0.2) is 36.6 Å². The summed E-state index contributed by atoms with van der Waals surface area (Å²) in [5.41, 5.74) is 2.36. The average molecular weight is 392 g/mol. The molecule has 0 radical (unpaired) electrons. The molecule has 0 spiro atoms. The van der Waals surface area contributed by atoms with Crippen molar-refractivity contribution in [1.82, 2.24) is 19.7 Å². The van der Waals surface area contributed by atoms with Gasteiger partial charge in [0.1, 0.15) is 5.82 Å². The molecule has 0 saturated carbocycles. The van der Waals surface area contributed by atoms with Crippen LogP contribution in [0.5, 0.6) is 0 Å². The highest BCUT2D eigenvalue weighted by molar-refractivity contribution is 5.95. The van der Waals surface area contributed by atoms with Gasteiger partial charge in [-0.3, -0.25) is 9.78 Å². The van der Waals surface area contributed by atoms with Gasteiger partial charge < -0.3 is 5.11 Å². The number of carbonyl (C=O) groups is 2. The molecule has 7 heteroatoms. The number of nitrogens with zero attached hydrogens (tertiary/aromatic N) is 4. The number of ketones is 1. The number of unbranched alkanes of at least 4 members (excludes halogenated alkanes) is 1. The van der Waals surface area contributed by atoms with Gasteiger partial charge in [-0.25, -0.2) is 14.5 Å². The van der Waals surface area contributed by atoms with Gasteiger partial charge in [-0.15, -0.1) is 5.10 Å². The van der Waals surface area contributed by atoms with Gasteiger partial charge in [0.25, 0.3) is 0 Å². The topological polar surface area (TPSA) is 98.0 Å². The largest absolute Gasteiger partial charge is 0.478 e. The van der Waals surface area contributed by atoms with Crippen LogP contribution in [0.15, 0.2) is 42.6 Å². The van der Waals surface area contributed by atoms with E-state index < -0.39 is 5.97 Å². The molecular weight excluding hydrogens is 368 g/mol. The minimum absolute atomic E-state index is 0.0740. The first-order valence-electron chi connectivity index (χ1n) is 9.78. The second-order valence-electron chi connectivity index (χ2n) is 6.78. The van der Waals surface area contributed by atoms with E-state index in [1.165, 1.54) is 0 Å². The van der Waals surface area contributed by atoms with Crippen molar-refractivity contribution in [2.75, 3.05) is 0 Å². The molecule has 7 nitrogen and oxygen atoms in total. The van der Waals surface area contributed by atoms with Gasteiger partial charge in [-0.2, -0.15) is 0 Å². The lowest BCUT2D eigenvalue weighted by molar-refractivity contribution is 0.0697. The summed E-state index contributed by atoms with van der Waals surface area (Å²) < 4.78 is 1.74. The Balaban J connectivity index is 1.85. The first-order chi connectivity index (χ1) is 14.0. The minimum atomic E-state index is -0.971. The lowest BCUT2D eigenvalue weighted by Gasteiger charge is -2.08. The van der Waals surface area contributed by atoms with Crippen molar-refractivity contribution in [3.8, 4) is 11.1 Å². The zero-order chi connectivity index (χ0) is 20.8. The number of hydrogen-bond donors (Lipinski definition) is 1. The molecule has 2 heterocycles. The van der Waals surface area contributed by atoms with Crippen molar-refractivity contribution in [3.05, 3.63) is 65.5 Å². The molecule has 0 fully saturated rings. The summed E-state index contributed by atoms with van der Waals surface area (Å²) >= 11 is 0. The molecule has 0 bridgehead atoms. The maximum atomic E-state index is 12.0. The number of hydrogen-bond acceptors (Lipinski definition) is 5. The third-order valence-corrected chi connectivity index (χ3v) is 4.68. The molecule has 0 aliphatic rings. The van der Waals surface area contributed by atoms with Crippen LogP contribution in [-0.2, 0) is 13.0 Å². The van der Waals surface area contributed by atoms with Crippen molar-refractivity contribution < 1.29 is 14.7 Å². The predicted molar refractivity (Wildman–Crippen MR) is 109 cm³/mol. The predicted octanol–water partition coefficient (Wildman–Crippen LogP) is 4.02. The highest BCUT2D eigenvalue weighted by Gasteiger charge is 2.16. The Morgan fingerprint density at radius 3 is 2.55 bits per heavy atom. The van der Waals surface area contributed by atoms with E-state index in [4.69, 9.17) is 0 Å². The Morgan fingerprint density at radius 1 is 1.10 bits per heavy atom. The molecule has 150 valence electrons. The van der Waals surface area contributed by atoms with E-state index in [1.54, 1.807) is 42.1 Å². The lowest BCUT2D eigenvalue weighted by Crippen LogP contribution is -2.09. The van der Waals surface area contributed by atoms with Gasteiger partial charge in [0, 0.05) is 24.6 Å². The van der Waals surface area contributed by atoms with Gasteiger partial charge in [0.05, 0.1) is 17.8 Å². The highest BCUT2D eigenvalue weighted by Crippen LogP contribution is 2.23. The standard InChI is InChI=1S/C22H24N4O3/c1-3-5-10-20-24-21(19(27)4-2)25-26(20)14-16-12-11-15(13-23-16)17-8-6-7-9-18(17)22(28)29/h6-9,11-13H,3-5,10,14H2,1-2H3,(H,28,29). The van der Waals surface area contributed by atoms with Crippen molar-refractivity contribution in [2.45, 2.75) is 46.1 Å². The van der Waals surface area contributed by atoms with Gasteiger partial charge >= 0.3 is 5.97 Å². The molecule has 0 atom stereocenters. The maximum absolute atomic E-state index is 12.0. The van der Waals surface area contributed by atoms with Crippen LogP contribution in [0, 0.1) is 0 Å². The lowest BCUT2D eigenvalue weighted by atomic mass is 10.0. The van der Waals surface area contributed by atoms with E-state index in [9.17, 15) is 14.7 Å². The van der Waals surface area contributed by atoms with E-state index in [1.807, 2.05) is 12.1 Å². The van der Waals surface area contributed by atoms with E-state index in [2.05, 4.69) is 22.0 Å². The summed E-state index contributed by atoms with van der Waals surface area (Å²) in [5.74, 6) is -0.00702. The molecule has 0 aliphatic heterocycles. The van der Waals surface area contributed by atoms with Crippen molar-refractivity contribution in [3.63, 3.8) is 0 Å². The van der Waals surface area contributed by atoms with Crippen molar-refractivity contribution in [2.24, 2.45) is 0 Å². The van der Waals surface area contributed by atoms with Gasteiger partial charge in [-0.05, 0) is 24.1 Å². The maximum Gasteiger partial charge on any atom is 0.336 e. The smallest absolute Gasteiger partial charge is 0.336 e. The van der Waals surface area contributed by atoms with Crippen LogP contribution in [0.2, 0.25) is 0 Å². The molecule has 0 amide bonds. The molecule has 0 unspecified atom stereocenters. The van der Waals surface area contributed by atoms with Gasteiger partial charge in [-0.1, -0.05) is 44.5 Å². The van der Waals surface area contributed by atoms with E-state index in [0.29, 0.717) is 18.5 Å². The molecule has 0 aliphatic carbocycles. The number of rotatable bonds is 9. The van der Waals surface area contributed by atoms with Crippen LogP contribution in [0.1, 0.15) is 65.6 Å². The summed E-state index contributed by atoms with van der Waals surface area (Å²) in [6, 6.07) is 10.5. The Bertz CT molecular complexity index is 1010. The van der Waals surface area contributed by atoms with Crippen molar-refractivity contribution in [1.29, 1.82) is 0 Å². The molecular formula is C22H24N4O3. The molecule has 29 heavy (non-hydrogen) atoms. The highest BCUT2D eigenvalue weighted by atomic mass is 16.4. The Kier molecular flexibility index (Phi) is 6.49. The average Bonchev–Trinajstić information content (AvgIpc) is 3.14. The van der Waals surface area contributed by atoms with Crippen LogP contribution in [0.3, 0.4) is 0 Å². The number of benzene rings is 1. The van der Waals surface area contributed by atoms with Gasteiger partial charge in [0.15, 0.2) is 0 Å². The SMILES string of the molecule is CCCCc1nc(C(=O)CC)nn1Cc1ccc(-c2ccccc2C(=O)O)cn1. The first-order valence-corrected chi connectivity index (χ1v) is 9.78. The fraction of sp³-hybridized carbons (Fsp3) is 0.318. The number of carbonyl (C=O) groups excluding carboxylic acids is 1. The van der Waals surface area contributed by atoms with Crippen LogP contribution in [0.25, 0.3) is 11.1 Å². The second kappa shape index (κ2) is 9.23. The number of Topliss-reactive ketones (excluding diaryl/α,β-unsaturated/α-hetero) is 1. The Hall–Kier alpha value is -3.35. The summed E-state index contributed by atoms with van der Waals surface area (Å²) in [7, 11) is 0. The van der Waals surface area contributed by atoms with Crippen LogP contribution >= 0.6 is 0 Å². The zero-order valence-electron chi connectivity index (χ0n) is 16.6. The number of aromatic carboxylic acids is 1. The summed E-state index contributed by atoms with van der Waals surface area (Å²) in [5, 5.41) is 13.8. The third kappa shape index (κ3) is 4.74. The van der Waals surface area contributed by atoms with E-state index in [0.717, 1.165) is 36.3 Å². The summed E-state index contributed by atoms with van der Waals surface area (Å²) in [4.78, 5) is 32.3. The number of carboxylic acid groups (broad SMARTS) is 1. The minimum Gasteiger partial charge on any atom is -0.478 e. The molecule has 2 aromatic heterocycles. The summed E-state index contributed by atoms with van der Waals surface area (Å²) in [6.45, 7) is 4.31. The van der Waals surface area contributed by atoms with Crippen molar-refractivity contribution >= 4 is 11.8 Å². The number of pyridine rings is 1. The Labute approximate surface area is 169 Å². The molecule has 0 saturated heterocycles. The quantitative estimate of drug-likeness (QED) is 0.552. The molecule has 3 aromatic rings. The fourth-order valence-electron chi connectivity index (χ4n) is 3.05. The number of carboxylic acids is 1. The summed E-state index contributed by atoms with van der Waals surface area (Å²) in [6.07, 6.45) is 4.78. The molecule has 1 aromatic carbocycles. The molecule has 1 N–H and O–H groups in total. The third-order valence-electron chi connectivity index (χ3n) is 4.68. The fourth-order valence-corrected chi connectivity index (χ4v) is 3.05. The van der Waals surface area contributed by atoms with E-state index in [-0.39, 0.29) is 17.2 Å². The van der Waals surface area contributed by atoms with Gasteiger partial charge in [0.2, 0.25) is 11.6 Å². The second-order valence-corrected chi connectivity index (χ2v) is 6.78. The number of aryl methyl sites for hydroxylation is 1. The first kappa shape index (κ1) is 20.4. The normalized spacial score (nSPS) is 10.8. The Morgan fingerprint density at radius 2 is 1.90 bits per heavy atom. The van der Waals surface area contributed by atoms with Crippen LogP contribution < -0.4 is 0 Å². The van der Waals surface area contributed by atoms with Crippen LogP contribution in [0.4, 0.5) is 0 Å². The zero-order valence-corrected chi connectivity index (χ0v) is 16.6. The monoisotopic (exact) mass is 392 g/mol.